The van der Waals surface area contributed by atoms with Crippen molar-refractivity contribution in [2.45, 2.75) is 37.6 Å². The highest BCUT2D eigenvalue weighted by atomic mass is 35.5. The second-order valence-electron chi connectivity index (χ2n) is 8.35. The fourth-order valence-electron chi connectivity index (χ4n) is 3.96. The third kappa shape index (κ3) is 4.05. The van der Waals surface area contributed by atoms with Crippen LogP contribution in [0.25, 0.3) is 5.65 Å². The van der Waals surface area contributed by atoms with E-state index >= 15 is 0 Å². The highest BCUT2D eigenvalue weighted by Crippen LogP contribution is 2.47. The highest BCUT2D eigenvalue weighted by Gasteiger charge is 2.45. The van der Waals surface area contributed by atoms with Gasteiger partial charge in [-0.3, -0.25) is 15.1 Å². The van der Waals surface area contributed by atoms with Crippen LogP contribution in [0.5, 0.6) is 0 Å². The predicted molar refractivity (Wildman–Crippen MR) is 123 cm³/mol. The third-order valence-electron chi connectivity index (χ3n) is 5.90. The largest absolute Gasteiger partial charge is 0.355 e. The molecule has 0 aromatic carbocycles. The fourth-order valence-corrected chi connectivity index (χ4v) is 4.65. The van der Waals surface area contributed by atoms with Gasteiger partial charge in [-0.25, -0.2) is 4.98 Å². The van der Waals surface area contributed by atoms with Crippen LogP contribution in [0.1, 0.15) is 48.0 Å². The number of imidazole rings is 1. The zero-order valence-electron chi connectivity index (χ0n) is 17.0. The summed E-state index contributed by atoms with van der Waals surface area (Å²) in [6.45, 7) is 0.536. The van der Waals surface area contributed by atoms with Crippen molar-refractivity contribution >= 4 is 45.8 Å². The number of carbonyl (C=O) groups is 1. The van der Waals surface area contributed by atoms with Gasteiger partial charge in [-0.1, -0.05) is 17.7 Å². The first kappa shape index (κ1) is 19.6. The van der Waals surface area contributed by atoms with Crippen molar-refractivity contribution < 1.29 is 4.79 Å². The van der Waals surface area contributed by atoms with E-state index in [2.05, 4.69) is 52.7 Å². The summed E-state index contributed by atoms with van der Waals surface area (Å²) >= 11 is 7.24. The van der Waals surface area contributed by atoms with Crippen LogP contribution in [0.15, 0.2) is 42.9 Å². The Kier molecular flexibility index (Phi) is 4.80. The first-order valence-electron chi connectivity index (χ1n) is 10.6. The molecule has 8 nitrogen and oxygen atoms in total. The summed E-state index contributed by atoms with van der Waals surface area (Å²) < 4.78 is 6.33. The quantitative estimate of drug-likeness (QED) is 0.418. The minimum Gasteiger partial charge on any atom is -0.355 e. The molecule has 2 atom stereocenters. The lowest BCUT2D eigenvalue weighted by Crippen LogP contribution is -2.15. The average Bonchev–Trinajstić information content (AvgIpc) is 3.70. The van der Waals surface area contributed by atoms with Crippen molar-refractivity contribution in [1.29, 1.82) is 0 Å². The molecule has 162 valence electrons. The Morgan fingerprint density at radius 1 is 1.22 bits per heavy atom. The molecule has 4 heterocycles. The van der Waals surface area contributed by atoms with E-state index in [1.165, 1.54) is 29.9 Å². The van der Waals surface area contributed by atoms with Gasteiger partial charge in [0, 0.05) is 52.7 Å². The molecule has 0 bridgehead atoms. The second kappa shape index (κ2) is 7.83. The molecule has 2 fully saturated rings. The van der Waals surface area contributed by atoms with Crippen LogP contribution in [-0.4, -0.2) is 29.6 Å². The molecule has 0 radical (unpaired) electrons. The minimum absolute atomic E-state index is 0.0899. The summed E-state index contributed by atoms with van der Waals surface area (Å²) in [7, 11) is 0. The van der Waals surface area contributed by atoms with Crippen LogP contribution in [-0.2, 0) is 11.3 Å². The van der Waals surface area contributed by atoms with Crippen LogP contribution < -0.4 is 10.6 Å². The van der Waals surface area contributed by atoms with E-state index in [0.29, 0.717) is 28.6 Å². The Hall–Kier alpha value is -3.04. The van der Waals surface area contributed by atoms with Gasteiger partial charge in [-0.05, 0) is 48.9 Å². The van der Waals surface area contributed by atoms with Gasteiger partial charge in [0.2, 0.25) is 17.0 Å². The lowest BCUT2D eigenvalue weighted by Gasteiger charge is -2.01. The molecule has 4 aromatic heterocycles. The SMILES string of the molecule is O=C(Nc1nsc(NCc2cn3cc(C4CC4)ccc3n2)n1)[C@H]1C[C@@H]1c1cc(Cl)ccn1. The molecular weight excluding hydrogens is 446 g/mol. The average molecular weight is 466 g/mol. The number of nitrogens with zero attached hydrogens (tertiary/aromatic N) is 5. The first-order chi connectivity index (χ1) is 15.6. The van der Waals surface area contributed by atoms with Gasteiger partial charge in [-0.15, -0.1) is 0 Å². The van der Waals surface area contributed by atoms with Crippen molar-refractivity contribution in [1.82, 2.24) is 23.7 Å². The summed E-state index contributed by atoms with van der Waals surface area (Å²) in [6, 6.07) is 7.78. The fraction of sp³-hybridized carbons (Fsp3) is 0.318. The number of hydrogen-bond donors (Lipinski definition) is 2. The maximum atomic E-state index is 12.5. The maximum absolute atomic E-state index is 12.5. The topological polar surface area (TPSA) is 97.1 Å². The molecule has 0 aliphatic heterocycles. The summed E-state index contributed by atoms with van der Waals surface area (Å²) in [5, 5.41) is 7.32. The molecule has 0 saturated heterocycles. The first-order valence-corrected chi connectivity index (χ1v) is 11.7. The van der Waals surface area contributed by atoms with Crippen molar-refractivity contribution in [3.8, 4) is 0 Å². The van der Waals surface area contributed by atoms with Gasteiger partial charge in [0.15, 0.2) is 0 Å². The summed E-state index contributed by atoms with van der Waals surface area (Å²) in [5.41, 5.74) is 4.09. The van der Waals surface area contributed by atoms with E-state index in [-0.39, 0.29) is 17.7 Å². The summed E-state index contributed by atoms with van der Waals surface area (Å²) in [4.78, 5) is 25.9. The monoisotopic (exact) mass is 465 g/mol. The maximum Gasteiger partial charge on any atom is 0.243 e. The third-order valence-corrected chi connectivity index (χ3v) is 6.81. The minimum atomic E-state index is -0.126. The van der Waals surface area contributed by atoms with Crippen LogP contribution in [0.4, 0.5) is 11.1 Å². The standard InChI is InChI=1S/C22H20ClN7OS/c23-14-5-6-24-18(7-14)16-8-17(16)20(31)27-21-28-22(32-29-21)25-9-15-11-30-10-13(12-1-2-12)3-4-19(30)26-15/h3-7,10-12,16-17H,1-2,8-9H2,(H2,25,27,28,29,31)/t16-,17-/m0/s1. The number of fused-ring (bicyclic) bond motifs is 1. The number of carbonyl (C=O) groups excluding carboxylic acids is 1. The molecule has 10 heteroatoms. The number of pyridine rings is 2. The zero-order chi connectivity index (χ0) is 21.7. The molecular formula is C22H20ClN7OS. The van der Waals surface area contributed by atoms with Gasteiger partial charge in [0.25, 0.3) is 0 Å². The predicted octanol–water partition coefficient (Wildman–Crippen LogP) is 4.47. The summed E-state index contributed by atoms with van der Waals surface area (Å²) in [5.74, 6) is 0.912. The number of halogens is 1. The molecule has 32 heavy (non-hydrogen) atoms. The Morgan fingerprint density at radius 2 is 2.12 bits per heavy atom. The molecule has 0 unspecified atom stereocenters. The molecule has 2 N–H and O–H groups in total. The summed E-state index contributed by atoms with van der Waals surface area (Å²) in [6.07, 6.45) is 9.19. The molecule has 1 amide bonds. The number of rotatable bonds is 7. The molecule has 0 spiro atoms. The molecule has 2 aliphatic rings. The van der Waals surface area contributed by atoms with Crippen LogP contribution in [0.2, 0.25) is 5.02 Å². The lowest BCUT2D eigenvalue weighted by atomic mass is 10.2. The number of aromatic nitrogens is 5. The van der Waals surface area contributed by atoms with Gasteiger partial charge >= 0.3 is 0 Å². The number of hydrogen-bond acceptors (Lipinski definition) is 7. The number of nitrogens with one attached hydrogen (secondary N) is 2. The molecule has 2 aliphatic carbocycles. The van der Waals surface area contributed by atoms with Crippen molar-refractivity contribution in [3.63, 3.8) is 0 Å². The van der Waals surface area contributed by atoms with E-state index in [9.17, 15) is 4.79 Å². The van der Waals surface area contributed by atoms with E-state index < -0.39 is 0 Å². The van der Waals surface area contributed by atoms with Gasteiger partial charge in [0.05, 0.1) is 12.2 Å². The molecule has 4 aromatic rings. The van der Waals surface area contributed by atoms with Gasteiger partial charge in [0.1, 0.15) is 5.65 Å². The second-order valence-corrected chi connectivity index (χ2v) is 9.54. The van der Waals surface area contributed by atoms with Crippen LogP contribution >= 0.6 is 23.1 Å². The van der Waals surface area contributed by atoms with Crippen LogP contribution in [0, 0.1) is 5.92 Å². The Bertz CT molecular complexity index is 1310. The van der Waals surface area contributed by atoms with Crippen molar-refractivity contribution in [2.75, 3.05) is 10.6 Å². The Morgan fingerprint density at radius 3 is 2.97 bits per heavy atom. The van der Waals surface area contributed by atoms with Gasteiger partial charge in [-0.2, -0.15) is 9.36 Å². The van der Waals surface area contributed by atoms with Crippen molar-refractivity contribution in [3.05, 3.63) is 64.8 Å². The smallest absolute Gasteiger partial charge is 0.243 e. The highest BCUT2D eigenvalue weighted by molar-refractivity contribution is 7.09. The Labute approximate surface area is 193 Å². The zero-order valence-corrected chi connectivity index (χ0v) is 18.6. The van der Waals surface area contributed by atoms with E-state index in [0.717, 1.165) is 23.5 Å². The number of anilines is 2. The van der Waals surface area contributed by atoms with Crippen LogP contribution in [0.3, 0.4) is 0 Å². The van der Waals surface area contributed by atoms with E-state index in [4.69, 9.17) is 11.6 Å². The molecule has 2 saturated carbocycles. The van der Waals surface area contributed by atoms with E-state index in [1.807, 2.05) is 12.3 Å². The lowest BCUT2D eigenvalue weighted by molar-refractivity contribution is -0.117. The van der Waals surface area contributed by atoms with Gasteiger partial charge < -0.3 is 9.72 Å². The Balaban J connectivity index is 1.05. The van der Waals surface area contributed by atoms with Crippen molar-refractivity contribution in [2.24, 2.45) is 5.92 Å². The molecule has 6 rings (SSSR count). The normalized spacial score (nSPS) is 19.8. The van der Waals surface area contributed by atoms with E-state index in [1.54, 1.807) is 12.3 Å². The number of amides is 1.